The molecule has 1 heterocycles. The maximum absolute atomic E-state index is 13.0. The van der Waals surface area contributed by atoms with Crippen LogP contribution in [-0.4, -0.2) is 33.1 Å². The maximum atomic E-state index is 13.0. The van der Waals surface area contributed by atoms with Gasteiger partial charge in [0.05, 0.1) is 27.6 Å². The summed E-state index contributed by atoms with van der Waals surface area (Å²) in [7, 11) is 4.44. The molecule has 0 aliphatic carbocycles. The fourth-order valence-electron chi connectivity index (χ4n) is 2.81. The van der Waals surface area contributed by atoms with E-state index >= 15 is 0 Å². The van der Waals surface area contributed by atoms with Gasteiger partial charge in [0.25, 0.3) is 11.8 Å². The highest BCUT2D eigenvalue weighted by Crippen LogP contribution is 2.40. The number of hydrogen-bond donors (Lipinski definition) is 2. The molecule has 2 aromatic carbocycles. The van der Waals surface area contributed by atoms with Crippen LogP contribution in [0.15, 0.2) is 71.0 Å². The lowest BCUT2D eigenvalue weighted by Crippen LogP contribution is -2.30. The maximum Gasteiger partial charge on any atom is 0.272 e. The second kappa shape index (κ2) is 10.0. The molecule has 1 aromatic heterocycles. The van der Waals surface area contributed by atoms with Crippen LogP contribution >= 0.6 is 0 Å². The summed E-state index contributed by atoms with van der Waals surface area (Å²) in [5.41, 5.74) is 0.796. The molecule has 2 N–H and O–H groups in total. The molecule has 3 aromatic rings. The monoisotopic (exact) mass is 422 g/mol. The highest BCUT2D eigenvalue weighted by molar-refractivity contribution is 6.10. The van der Waals surface area contributed by atoms with Crippen LogP contribution in [0.5, 0.6) is 17.2 Å². The predicted molar refractivity (Wildman–Crippen MR) is 115 cm³/mol. The Morgan fingerprint density at radius 2 is 1.58 bits per heavy atom. The van der Waals surface area contributed by atoms with Crippen LogP contribution in [0, 0.1) is 0 Å². The third kappa shape index (κ3) is 5.24. The number of methoxy groups -OCH3 is 3. The number of benzene rings is 2. The molecule has 0 aliphatic rings. The summed E-state index contributed by atoms with van der Waals surface area (Å²) in [5, 5.41) is 5.37. The Kier molecular flexibility index (Phi) is 6.95. The molecule has 31 heavy (non-hydrogen) atoms. The number of carbonyl (C=O) groups excluding carboxylic acids is 2. The minimum atomic E-state index is -0.560. The van der Waals surface area contributed by atoms with Gasteiger partial charge in [0.15, 0.2) is 11.5 Å². The van der Waals surface area contributed by atoms with Crippen LogP contribution in [0.25, 0.3) is 6.08 Å². The van der Waals surface area contributed by atoms with Gasteiger partial charge >= 0.3 is 0 Å². The van der Waals surface area contributed by atoms with Gasteiger partial charge in [-0.05, 0) is 24.3 Å². The van der Waals surface area contributed by atoms with E-state index < -0.39 is 11.8 Å². The van der Waals surface area contributed by atoms with Gasteiger partial charge in [-0.3, -0.25) is 9.59 Å². The van der Waals surface area contributed by atoms with Crippen molar-refractivity contribution in [3.63, 3.8) is 0 Å². The third-order valence-electron chi connectivity index (χ3n) is 4.28. The molecule has 0 fully saturated rings. The summed E-state index contributed by atoms with van der Waals surface area (Å²) < 4.78 is 21.2. The normalized spacial score (nSPS) is 10.9. The summed E-state index contributed by atoms with van der Waals surface area (Å²) >= 11 is 0. The third-order valence-corrected chi connectivity index (χ3v) is 4.28. The van der Waals surface area contributed by atoms with Crippen molar-refractivity contribution in [3.05, 3.63) is 77.9 Å². The first-order chi connectivity index (χ1) is 15.0. The summed E-state index contributed by atoms with van der Waals surface area (Å²) in [6.45, 7) is 0. The van der Waals surface area contributed by atoms with E-state index in [0.717, 1.165) is 0 Å². The number of anilines is 1. The van der Waals surface area contributed by atoms with E-state index in [0.29, 0.717) is 34.3 Å². The van der Waals surface area contributed by atoms with Crippen LogP contribution in [-0.2, 0) is 4.79 Å². The molecule has 2 amide bonds. The van der Waals surface area contributed by atoms with Crippen molar-refractivity contribution < 1.29 is 28.2 Å². The van der Waals surface area contributed by atoms with E-state index in [2.05, 4.69) is 10.6 Å². The molecule has 160 valence electrons. The van der Waals surface area contributed by atoms with Gasteiger partial charge in [0.1, 0.15) is 11.5 Å². The molecule has 0 atom stereocenters. The summed E-state index contributed by atoms with van der Waals surface area (Å²) in [6.07, 6.45) is 2.91. The van der Waals surface area contributed by atoms with Crippen molar-refractivity contribution >= 4 is 23.6 Å². The van der Waals surface area contributed by atoms with Gasteiger partial charge < -0.3 is 29.3 Å². The van der Waals surface area contributed by atoms with Gasteiger partial charge in [-0.15, -0.1) is 0 Å². The average Bonchev–Trinajstić information content (AvgIpc) is 3.31. The predicted octanol–water partition coefficient (Wildman–Crippen LogP) is 3.72. The molecule has 3 rings (SSSR count). The second-order valence-electron chi connectivity index (χ2n) is 6.26. The van der Waals surface area contributed by atoms with Gasteiger partial charge in [0.2, 0.25) is 5.75 Å². The van der Waals surface area contributed by atoms with Crippen LogP contribution in [0.3, 0.4) is 0 Å². The molecular weight excluding hydrogens is 400 g/mol. The highest BCUT2D eigenvalue weighted by Gasteiger charge is 2.18. The number of carbonyl (C=O) groups is 2. The van der Waals surface area contributed by atoms with Crippen LogP contribution in [0.1, 0.15) is 16.1 Å². The quantitative estimate of drug-likeness (QED) is 0.537. The number of furan rings is 1. The largest absolute Gasteiger partial charge is 0.493 e. The molecule has 8 nitrogen and oxygen atoms in total. The SMILES string of the molecule is COc1cc(NC(=O)/C(=C\c2ccco2)NC(=O)c2ccccc2)cc(OC)c1OC. The van der Waals surface area contributed by atoms with Crippen molar-refractivity contribution in [2.45, 2.75) is 0 Å². The molecule has 0 spiro atoms. The lowest BCUT2D eigenvalue weighted by molar-refractivity contribution is -0.113. The van der Waals surface area contributed by atoms with E-state index in [4.69, 9.17) is 18.6 Å². The van der Waals surface area contributed by atoms with Crippen molar-refractivity contribution in [2.75, 3.05) is 26.6 Å². The van der Waals surface area contributed by atoms with Crippen molar-refractivity contribution in [1.82, 2.24) is 5.32 Å². The Labute approximate surface area is 179 Å². The zero-order chi connectivity index (χ0) is 22.2. The minimum absolute atomic E-state index is 0.00226. The number of nitrogens with one attached hydrogen (secondary N) is 2. The van der Waals surface area contributed by atoms with Crippen LogP contribution < -0.4 is 24.8 Å². The van der Waals surface area contributed by atoms with Crippen molar-refractivity contribution in [3.8, 4) is 17.2 Å². The highest BCUT2D eigenvalue weighted by atomic mass is 16.5. The standard InChI is InChI=1S/C23H22N2O6/c1-28-19-12-16(13-20(29-2)21(19)30-3)24-23(27)18(14-17-10-7-11-31-17)25-22(26)15-8-5-4-6-9-15/h4-14H,1-3H3,(H,24,27)(H,25,26)/b18-14+. The lowest BCUT2D eigenvalue weighted by atomic mass is 10.2. The smallest absolute Gasteiger partial charge is 0.272 e. The molecule has 0 unspecified atom stereocenters. The topological polar surface area (TPSA) is 99.0 Å². The number of rotatable bonds is 8. The molecule has 0 bridgehead atoms. The minimum Gasteiger partial charge on any atom is -0.493 e. The number of ether oxygens (including phenoxy) is 3. The number of amides is 2. The van der Waals surface area contributed by atoms with E-state index in [1.807, 2.05) is 0 Å². The van der Waals surface area contributed by atoms with Crippen molar-refractivity contribution in [2.24, 2.45) is 0 Å². The zero-order valence-electron chi connectivity index (χ0n) is 17.3. The van der Waals surface area contributed by atoms with E-state index in [1.54, 1.807) is 54.6 Å². The Morgan fingerprint density at radius 3 is 2.13 bits per heavy atom. The van der Waals surface area contributed by atoms with Gasteiger partial charge in [0, 0.05) is 29.5 Å². The van der Waals surface area contributed by atoms with E-state index in [-0.39, 0.29) is 5.70 Å². The fourth-order valence-corrected chi connectivity index (χ4v) is 2.81. The first-order valence-electron chi connectivity index (χ1n) is 9.28. The first-order valence-corrected chi connectivity index (χ1v) is 9.28. The summed E-state index contributed by atoms with van der Waals surface area (Å²) in [4.78, 5) is 25.6. The van der Waals surface area contributed by atoms with Gasteiger partial charge in [-0.1, -0.05) is 18.2 Å². The van der Waals surface area contributed by atoms with Crippen molar-refractivity contribution in [1.29, 1.82) is 0 Å². The Bertz CT molecular complexity index is 1050. The molecule has 0 saturated heterocycles. The summed E-state index contributed by atoms with van der Waals surface area (Å²) in [6, 6.07) is 15.1. The Morgan fingerprint density at radius 1 is 0.903 bits per heavy atom. The molecule has 0 radical (unpaired) electrons. The van der Waals surface area contributed by atoms with E-state index in [1.165, 1.54) is 33.7 Å². The average molecular weight is 422 g/mol. The lowest BCUT2D eigenvalue weighted by Gasteiger charge is -2.15. The second-order valence-corrected chi connectivity index (χ2v) is 6.26. The zero-order valence-corrected chi connectivity index (χ0v) is 17.3. The van der Waals surface area contributed by atoms with Gasteiger partial charge in [-0.2, -0.15) is 0 Å². The Balaban J connectivity index is 1.89. The fraction of sp³-hybridized carbons (Fsp3) is 0.130. The molecule has 0 saturated carbocycles. The summed E-state index contributed by atoms with van der Waals surface area (Å²) in [5.74, 6) is 0.563. The van der Waals surface area contributed by atoms with Gasteiger partial charge in [-0.25, -0.2) is 0 Å². The van der Waals surface area contributed by atoms with Crippen LogP contribution in [0.2, 0.25) is 0 Å². The first kappa shape index (κ1) is 21.5. The molecule has 0 aliphatic heterocycles. The Hall–Kier alpha value is -4.20. The molecule has 8 heteroatoms. The number of hydrogen-bond acceptors (Lipinski definition) is 6. The van der Waals surface area contributed by atoms with E-state index in [9.17, 15) is 9.59 Å². The molecular formula is C23H22N2O6. The van der Waals surface area contributed by atoms with Crippen LogP contribution in [0.4, 0.5) is 5.69 Å².